The van der Waals surface area contributed by atoms with E-state index in [0.717, 1.165) is 18.5 Å². The van der Waals surface area contributed by atoms with Crippen LogP contribution in [0.25, 0.3) is 0 Å². The standard InChI is InChI=1S/C9H13N3S/c1-3-4-5-6-8(10-2)9-7-11-13-12-9/h7-8,10H,5-6H2,1-2H3. The molecule has 0 fully saturated rings. The molecule has 0 aliphatic heterocycles. The summed E-state index contributed by atoms with van der Waals surface area (Å²) in [5.74, 6) is 5.92. The number of nitrogens with zero attached hydrogens (tertiary/aromatic N) is 2. The Morgan fingerprint density at radius 2 is 2.54 bits per heavy atom. The third-order valence-corrected chi connectivity index (χ3v) is 2.31. The topological polar surface area (TPSA) is 37.8 Å². The quantitative estimate of drug-likeness (QED) is 0.742. The van der Waals surface area contributed by atoms with Crippen LogP contribution < -0.4 is 5.32 Å². The van der Waals surface area contributed by atoms with Crippen LogP contribution in [0.5, 0.6) is 0 Å². The zero-order valence-corrected chi connectivity index (χ0v) is 8.69. The molecule has 1 unspecified atom stereocenters. The maximum Gasteiger partial charge on any atom is 0.0912 e. The van der Waals surface area contributed by atoms with Crippen molar-refractivity contribution in [2.75, 3.05) is 7.05 Å². The van der Waals surface area contributed by atoms with Crippen molar-refractivity contribution < 1.29 is 0 Å². The minimum Gasteiger partial charge on any atom is -0.312 e. The lowest BCUT2D eigenvalue weighted by Crippen LogP contribution is -2.16. The number of rotatable bonds is 4. The molecule has 0 saturated heterocycles. The second kappa shape index (κ2) is 5.68. The molecule has 1 atom stereocenters. The molecule has 0 spiro atoms. The lowest BCUT2D eigenvalue weighted by atomic mass is 10.1. The molecule has 1 aromatic heterocycles. The van der Waals surface area contributed by atoms with Crippen molar-refractivity contribution in [2.45, 2.75) is 25.8 Å². The Hall–Kier alpha value is -0.920. The van der Waals surface area contributed by atoms with Crippen molar-refractivity contribution in [1.82, 2.24) is 14.1 Å². The summed E-state index contributed by atoms with van der Waals surface area (Å²) in [7, 11) is 1.93. The zero-order chi connectivity index (χ0) is 9.52. The van der Waals surface area contributed by atoms with Crippen molar-refractivity contribution in [3.8, 4) is 11.8 Å². The second-order valence-corrected chi connectivity index (χ2v) is 3.20. The Balaban J connectivity index is 2.47. The lowest BCUT2D eigenvalue weighted by Gasteiger charge is -2.10. The summed E-state index contributed by atoms with van der Waals surface area (Å²) in [6, 6.07) is 0.291. The first-order chi connectivity index (χ1) is 6.38. The fourth-order valence-corrected chi connectivity index (χ4v) is 1.58. The SMILES string of the molecule is CC#CCCC(NC)c1cnsn1. The highest BCUT2D eigenvalue weighted by Crippen LogP contribution is 2.15. The molecule has 1 rings (SSSR count). The van der Waals surface area contributed by atoms with Crippen molar-refractivity contribution in [2.24, 2.45) is 0 Å². The minimum atomic E-state index is 0.291. The predicted octanol–water partition coefficient (Wildman–Crippen LogP) is 1.60. The van der Waals surface area contributed by atoms with E-state index >= 15 is 0 Å². The maximum atomic E-state index is 4.19. The molecule has 0 saturated carbocycles. The monoisotopic (exact) mass is 195 g/mol. The molecule has 70 valence electrons. The van der Waals surface area contributed by atoms with Gasteiger partial charge in [-0.3, -0.25) is 0 Å². The van der Waals surface area contributed by atoms with Crippen LogP contribution in [0, 0.1) is 11.8 Å². The van der Waals surface area contributed by atoms with Crippen LogP contribution in [0.1, 0.15) is 31.5 Å². The summed E-state index contributed by atoms with van der Waals surface area (Å²) >= 11 is 1.25. The van der Waals surface area contributed by atoms with E-state index in [2.05, 4.69) is 25.9 Å². The summed E-state index contributed by atoms with van der Waals surface area (Å²) in [6.45, 7) is 1.86. The summed E-state index contributed by atoms with van der Waals surface area (Å²) in [4.78, 5) is 0. The van der Waals surface area contributed by atoms with Crippen molar-refractivity contribution >= 4 is 11.7 Å². The fourth-order valence-electron chi connectivity index (χ4n) is 1.11. The van der Waals surface area contributed by atoms with Gasteiger partial charge < -0.3 is 5.32 Å². The summed E-state index contributed by atoms with van der Waals surface area (Å²) in [5, 5.41) is 3.20. The zero-order valence-electron chi connectivity index (χ0n) is 7.87. The molecule has 4 heteroatoms. The van der Waals surface area contributed by atoms with E-state index in [4.69, 9.17) is 0 Å². The number of hydrogen-bond donors (Lipinski definition) is 1. The first-order valence-electron chi connectivity index (χ1n) is 4.22. The molecule has 1 N–H and O–H groups in total. The second-order valence-electron chi connectivity index (χ2n) is 2.64. The highest BCUT2D eigenvalue weighted by molar-refractivity contribution is 6.99. The molecule has 0 radical (unpaired) electrons. The van der Waals surface area contributed by atoms with Gasteiger partial charge in [-0.1, -0.05) is 0 Å². The molecule has 1 heterocycles. The van der Waals surface area contributed by atoms with Gasteiger partial charge in [0.05, 0.1) is 29.7 Å². The minimum absolute atomic E-state index is 0.291. The van der Waals surface area contributed by atoms with Gasteiger partial charge in [0.1, 0.15) is 0 Å². The van der Waals surface area contributed by atoms with Crippen LogP contribution in [0.15, 0.2) is 6.20 Å². The molecule has 0 amide bonds. The molecule has 0 aliphatic carbocycles. The fraction of sp³-hybridized carbons (Fsp3) is 0.556. The van der Waals surface area contributed by atoms with E-state index in [1.807, 2.05) is 20.2 Å². The first kappa shape index (κ1) is 10.2. The van der Waals surface area contributed by atoms with Gasteiger partial charge in [-0.2, -0.15) is 8.75 Å². The van der Waals surface area contributed by atoms with Gasteiger partial charge in [0, 0.05) is 6.42 Å². The highest BCUT2D eigenvalue weighted by atomic mass is 32.1. The van der Waals surface area contributed by atoms with Crippen LogP contribution >= 0.6 is 11.7 Å². The predicted molar refractivity (Wildman–Crippen MR) is 54.4 cm³/mol. The molecule has 13 heavy (non-hydrogen) atoms. The Bertz CT molecular complexity index is 284. The number of hydrogen-bond acceptors (Lipinski definition) is 4. The largest absolute Gasteiger partial charge is 0.312 e. The van der Waals surface area contributed by atoms with Gasteiger partial charge in [0.2, 0.25) is 0 Å². The number of aromatic nitrogens is 2. The first-order valence-corrected chi connectivity index (χ1v) is 4.96. The van der Waals surface area contributed by atoms with Crippen molar-refractivity contribution in [3.05, 3.63) is 11.9 Å². The van der Waals surface area contributed by atoms with Crippen molar-refractivity contribution in [3.63, 3.8) is 0 Å². The normalized spacial score (nSPS) is 11.8. The summed E-state index contributed by atoms with van der Waals surface area (Å²) < 4.78 is 8.16. The van der Waals surface area contributed by atoms with E-state index in [-0.39, 0.29) is 0 Å². The molecule has 3 nitrogen and oxygen atoms in total. The van der Waals surface area contributed by atoms with Gasteiger partial charge in [0.15, 0.2) is 0 Å². The van der Waals surface area contributed by atoms with Crippen LogP contribution in [0.4, 0.5) is 0 Å². The van der Waals surface area contributed by atoms with E-state index in [1.54, 1.807) is 0 Å². The Morgan fingerprint density at radius 3 is 3.08 bits per heavy atom. The van der Waals surface area contributed by atoms with Crippen LogP contribution in [-0.2, 0) is 0 Å². The van der Waals surface area contributed by atoms with Crippen LogP contribution in [0.2, 0.25) is 0 Å². The van der Waals surface area contributed by atoms with Crippen LogP contribution in [-0.4, -0.2) is 15.8 Å². The van der Waals surface area contributed by atoms with E-state index in [9.17, 15) is 0 Å². The average Bonchev–Trinajstić information content (AvgIpc) is 2.65. The molecular weight excluding hydrogens is 182 g/mol. The Morgan fingerprint density at radius 1 is 1.69 bits per heavy atom. The maximum absolute atomic E-state index is 4.19. The third kappa shape index (κ3) is 3.13. The molecule has 0 aromatic carbocycles. The highest BCUT2D eigenvalue weighted by Gasteiger charge is 2.10. The molecule has 0 aliphatic rings. The molecule has 1 aromatic rings. The van der Waals surface area contributed by atoms with E-state index in [1.165, 1.54) is 11.7 Å². The average molecular weight is 195 g/mol. The van der Waals surface area contributed by atoms with E-state index < -0.39 is 0 Å². The third-order valence-electron chi connectivity index (χ3n) is 1.82. The smallest absolute Gasteiger partial charge is 0.0912 e. The van der Waals surface area contributed by atoms with Gasteiger partial charge in [0.25, 0.3) is 0 Å². The van der Waals surface area contributed by atoms with Gasteiger partial charge in [-0.05, 0) is 20.4 Å². The van der Waals surface area contributed by atoms with Gasteiger partial charge in [-0.25, -0.2) is 0 Å². The molecular formula is C9H13N3S. The van der Waals surface area contributed by atoms with Crippen molar-refractivity contribution in [1.29, 1.82) is 0 Å². The summed E-state index contributed by atoms with van der Waals surface area (Å²) in [5.41, 5.74) is 1.02. The molecule has 0 bridgehead atoms. The van der Waals surface area contributed by atoms with Gasteiger partial charge >= 0.3 is 0 Å². The van der Waals surface area contributed by atoms with Crippen LogP contribution in [0.3, 0.4) is 0 Å². The Labute approximate surface area is 82.9 Å². The Kier molecular flexibility index (Phi) is 4.44. The lowest BCUT2D eigenvalue weighted by molar-refractivity contribution is 0.548. The summed E-state index contributed by atoms with van der Waals surface area (Å²) in [6.07, 6.45) is 3.70. The van der Waals surface area contributed by atoms with Gasteiger partial charge in [-0.15, -0.1) is 11.8 Å². The van der Waals surface area contributed by atoms with E-state index in [0.29, 0.717) is 6.04 Å². The number of nitrogens with one attached hydrogen (secondary N) is 1.